The van der Waals surface area contributed by atoms with Crippen molar-refractivity contribution >= 4 is 41.1 Å². The van der Waals surface area contributed by atoms with Crippen LogP contribution in [-0.4, -0.2) is 19.7 Å². The lowest BCUT2D eigenvalue weighted by atomic mass is 9.89. The van der Waals surface area contributed by atoms with Gasteiger partial charge in [-0.15, -0.1) is 0 Å². The Balaban J connectivity index is 2.18. The van der Waals surface area contributed by atoms with Crippen LogP contribution >= 0.6 is 35.1 Å². The smallest absolute Gasteiger partial charge is 0.236 e. The number of hydrogen-bond donors (Lipinski definition) is 1. The summed E-state index contributed by atoms with van der Waals surface area (Å²) < 4.78 is 4.72. The van der Waals surface area contributed by atoms with E-state index in [4.69, 9.17) is 23.2 Å². The summed E-state index contributed by atoms with van der Waals surface area (Å²) in [6, 6.07) is 0. The summed E-state index contributed by atoms with van der Waals surface area (Å²) in [5.41, 5.74) is 0.543. The van der Waals surface area contributed by atoms with Gasteiger partial charge in [0.15, 0.2) is 0 Å². The van der Waals surface area contributed by atoms with Crippen molar-refractivity contribution in [2.75, 3.05) is 4.72 Å². The van der Waals surface area contributed by atoms with Crippen molar-refractivity contribution in [2.45, 2.75) is 31.1 Å². The first-order valence-electron chi connectivity index (χ1n) is 5.92. The molecule has 0 aliphatic rings. The van der Waals surface area contributed by atoms with Gasteiger partial charge in [0.1, 0.15) is 10.3 Å². The highest BCUT2D eigenvalue weighted by atomic mass is 35.5. The van der Waals surface area contributed by atoms with Crippen LogP contribution in [0, 0.1) is 0 Å². The van der Waals surface area contributed by atoms with Crippen molar-refractivity contribution in [3.63, 3.8) is 0 Å². The highest BCUT2D eigenvalue weighted by Crippen LogP contribution is 2.34. The Labute approximate surface area is 132 Å². The molecule has 108 valence electrons. The number of anilines is 1. The van der Waals surface area contributed by atoms with Crippen LogP contribution in [0.4, 0.5) is 5.95 Å². The van der Waals surface area contributed by atoms with Gasteiger partial charge in [-0.3, -0.25) is 9.40 Å². The summed E-state index contributed by atoms with van der Waals surface area (Å²) >= 11 is 13.8. The van der Waals surface area contributed by atoms with Gasteiger partial charge in [-0.05, 0) is 17.4 Å². The van der Waals surface area contributed by atoms with Crippen LogP contribution in [0.5, 0.6) is 0 Å². The molecule has 0 saturated heterocycles. The van der Waals surface area contributed by atoms with Crippen molar-refractivity contribution in [2.24, 2.45) is 7.05 Å². The fourth-order valence-electron chi connectivity index (χ4n) is 1.63. The van der Waals surface area contributed by atoms with E-state index in [2.05, 4.69) is 19.8 Å². The van der Waals surface area contributed by atoms with Gasteiger partial charge < -0.3 is 0 Å². The maximum atomic E-state index is 6.20. The Kier molecular flexibility index (Phi) is 4.46. The highest BCUT2D eigenvalue weighted by Gasteiger charge is 2.23. The van der Waals surface area contributed by atoms with E-state index < -0.39 is 0 Å². The molecule has 0 unspecified atom stereocenters. The van der Waals surface area contributed by atoms with Crippen molar-refractivity contribution in [1.29, 1.82) is 0 Å². The predicted octanol–water partition coefficient (Wildman–Crippen LogP) is 3.93. The van der Waals surface area contributed by atoms with Crippen molar-refractivity contribution in [3.8, 4) is 0 Å². The minimum absolute atomic E-state index is 0.205. The van der Waals surface area contributed by atoms with Crippen molar-refractivity contribution < 1.29 is 0 Å². The predicted molar refractivity (Wildman–Crippen MR) is 83.4 cm³/mol. The van der Waals surface area contributed by atoms with Crippen LogP contribution < -0.4 is 4.72 Å². The van der Waals surface area contributed by atoms with Crippen molar-refractivity contribution in [3.05, 3.63) is 28.3 Å². The molecule has 0 bridgehead atoms. The number of rotatable bonds is 3. The summed E-state index contributed by atoms with van der Waals surface area (Å²) in [6.45, 7) is 6.04. The van der Waals surface area contributed by atoms with Crippen LogP contribution in [0.3, 0.4) is 0 Å². The molecule has 0 spiro atoms. The minimum Gasteiger partial charge on any atom is -0.294 e. The molecule has 2 aromatic heterocycles. The van der Waals surface area contributed by atoms with E-state index in [0.29, 0.717) is 16.3 Å². The normalized spacial score (nSPS) is 11.7. The van der Waals surface area contributed by atoms with E-state index in [0.717, 1.165) is 10.5 Å². The Morgan fingerprint density at radius 2 is 1.80 bits per heavy atom. The topological polar surface area (TPSA) is 55.6 Å². The number of aryl methyl sites for hydroxylation is 1. The maximum Gasteiger partial charge on any atom is 0.236 e. The van der Waals surface area contributed by atoms with Gasteiger partial charge in [0.25, 0.3) is 0 Å². The maximum absolute atomic E-state index is 6.20. The second-order valence-corrected chi connectivity index (χ2v) is 6.90. The molecule has 0 fully saturated rings. The van der Waals surface area contributed by atoms with Gasteiger partial charge in [0, 0.05) is 18.8 Å². The van der Waals surface area contributed by atoms with Gasteiger partial charge in [0.2, 0.25) is 5.95 Å². The third-order valence-corrected chi connectivity index (χ3v) is 3.79. The summed E-state index contributed by atoms with van der Waals surface area (Å²) in [7, 11) is 1.85. The van der Waals surface area contributed by atoms with Crippen LogP contribution in [-0.2, 0) is 12.5 Å². The number of halogens is 2. The minimum atomic E-state index is -0.205. The molecule has 20 heavy (non-hydrogen) atoms. The molecular weight excluding hydrogens is 317 g/mol. The molecule has 5 nitrogen and oxygen atoms in total. The Hall–Kier alpha value is -0.980. The van der Waals surface area contributed by atoms with Gasteiger partial charge in [-0.25, -0.2) is 0 Å². The summed E-state index contributed by atoms with van der Waals surface area (Å²) in [5, 5.41) is 4.81. The van der Waals surface area contributed by atoms with E-state index in [1.54, 1.807) is 10.9 Å². The highest BCUT2D eigenvalue weighted by molar-refractivity contribution is 8.00. The lowest BCUT2D eigenvalue weighted by Gasteiger charge is -2.21. The average molecular weight is 332 g/mol. The van der Waals surface area contributed by atoms with E-state index in [9.17, 15) is 0 Å². The lowest BCUT2D eigenvalue weighted by molar-refractivity contribution is 0.585. The fourth-order valence-corrected chi connectivity index (χ4v) is 3.19. The van der Waals surface area contributed by atoms with E-state index >= 15 is 0 Å². The molecule has 0 aliphatic carbocycles. The molecule has 2 rings (SSSR count). The second-order valence-electron chi connectivity index (χ2n) is 5.31. The second kappa shape index (κ2) is 5.79. The molecule has 0 amide bonds. The molecule has 1 N–H and O–H groups in total. The van der Waals surface area contributed by atoms with Gasteiger partial charge in [0.05, 0.1) is 11.1 Å². The standard InChI is InChI=1S/C12H15Cl2N5S/c1-12(2,3)8-9(13)16-11(17-10(8)14)18-20-7-5-15-19(4)6-7/h5-6H,1-4H3,(H,16,17,18). The van der Waals surface area contributed by atoms with Crippen LogP contribution in [0.1, 0.15) is 26.3 Å². The Morgan fingerprint density at radius 1 is 1.20 bits per heavy atom. The van der Waals surface area contributed by atoms with Gasteiger partial charge in [-0.2, -0.15) is 15.1 Å². The number of nitrogens with one attached hydrogen (secondary N) is 1. The monoisotopic (exact) mass is 331 g/mol. The first kappa shape index (κ1) is 15.4. The number of aromatic nitrogens is 4. The molecule has 2 aromatic rings. The Morgan fingerprint density at radius 3 is 2.25 bits per heavy atom. The zero-order valence-electron chi connectivity index (χ0n) is 11.6. The van der Waals surface area contributed by atoms with E-state index in [-0.39, 0.29) is 5.41 Å². The Bertz CT molecular complexity index is 598. The van der Waals surface area contributed by atoms with E-state index in [1.807, 2.05) is 34.0 Å². The number of hydrogen-bond acceptors (Lipinski definition) is 5. The fraction of sp³-hybridized carbons (Fsp3) is 0.417. The van der Waals surface area contributed by atoms with Crippen molar-refractivity contribution in [1.82, 2.24) is 19.7 Å². The zero-order chi connectivity index (χ0) is 14.9. The first-order chi connectivity index (χ1) is 9.27. The zero-order valence-corrected chi connectivity index (χ0v) is 13.9. The molecule has 8 heteroatoms. The largest absolute Gasteiger partial charge is 0.294 e. The van der Waals surface area contributed by atoms with Crippen LogP contribution in [0.2, 0.25) is 10.3 Å². The molecule has 0 atom stereocenters. The van der Waals surface area contributed by atoms with Crippen LogP contribution in [0.25, 0.3) is 0 Å². The third-order valence-electron chi connectivity index (χ3n) is 2.51. The van der Waals surface area contributed by atoms with Crippen LogP contribution in [0.15, 0.2) is 17.3 Å². The van der Waals surface area contributed by atoms with Gasteiger partial charge in [-0.1, -0.05) is 44.0 Å². The summed E-state index contributed by atoms with van der Waals surface area (Å²) in [6.07, 6.45) is 3.62. The molecule has 0 radical (unpaired) electrons. The molecule has 0 aromatic carbocycles. The van der Waals surface area contributed by atoms with E-state index in [1.165, 1.54) is 11.9 Å². The third kappa shape index (κ3) is 3.56. The molecule has 0 aliphatic heterocycles. The first-order valence-corrected chi connectivity index (χ1v) is 7.49. The average Bonchev–Trinajstić information content (AvgIpc) is 2.69. The van der Waals surface area contributed by atoms with Gasteiger partial charge >= 0.3 is 0 Å². The molecule has 2 heterocycles. The quantitative estimate of drug-likeness (QED) is 0.682. The summed E-state index contributed by atoms with van der Waals surface area (Å²) in [4.78, 5) is 9.41. The number of nitrogens with zero attached hydrogens (tertiary/aromatic N) is 4. The SMILES string of the molecule is Cn1cc(SNc2nc(Cl)c(C(C)(C)C)c(Cl)n2)cn1. The summed E-state index contributed by atoms with van der Waals surface area (Å²) in [5.74, 6) is 0.377. The lowest BCUT2D eigenvalue weighted by Crippen LogP contribution is -2.15. The molecule has 0 saturated carbocycles. The molecular formula is C12H15Cl2N5S.